The molecule has 0 saturated heterocycles. The molecule has 144 valence electrons. The summed E-state index contributed by atoms with van der Waals surface area (Å²) in [6, 6.07) is 13.6. The summed E-state index contributed by atoms with van der Waals surface area (Å²) in [4.78, 5) is 23.8. The third-order valence-corrected chi connectivity index (χ3v) is 4.49. The first kappa shape index (κ1) is 20.5. The molecule has 5 nitrogen and oxygen atoms in total. The van der Waals surface area contributed by atoms with Crippen LogP contribution in [-0.4, -0.2) is 28.6 Å². The van der Waals surface area contributed by atoms with Crippen LogP contribution in [0.5, 0.6) is 11.5 Å². The van der Waals surface area contributed by atoms with Gasteiger partial charge in [-0.15, -0.1) is 0 Å². The van der Waals surface area contributed by atoms with Gasteiger partial charge in [0.2, 0.25) is 0 Å². The Bertz CT molecular complexity index is 755. The zero-order valence-corrected chi connectivity index (χ0v) is 15.6. The van der Waals surface area contributed by atoms with Crippen LogP contribution < -0.4 is 4.74 Å². The van der Waals surface area contributed by atoms with Gasteiger partial charge in [-0.1, -0.05) is 56.2 Å². The molecule has 0 aliphatic rings. The number of carbonyl (C=O) groups excluding carboxylic acids is 1. The van der Waals surface area contributed by atoms with Crippen LogP contribution in [0.3, 0.4) is 0 Å². The maximum atomic E-state index is 12.5. The number of ketones is 1. The number of phenols is 1. The van der Waals surface area contributed by atoms with E-state index in [2.05, 4.69) is 0 Å². The van der Waals surface area contributed by atoms with E-state index in [0.29, 0.717) is 24.8 Å². The molecule has 0 aliphatic heterocycles. The molecule has 2 aromatic rings. The van der Waals surface area contributed by atoms with E-state index >= 15 is 0 Å². The summed E-state index contributed by atoms with van der Waals surface area (Å²) < 4.78 is 5.60. The average molecular weight is 370 g/mol. The lowest BCUT2D eigenvalue weighted by Crippen LogP contribution is -2.15. The van der Waals surface area contributed by atoms with Crippen LogP contribution in [0.25, 0.3) is 0 Å². The number of carboxylic acid groups (broad SMARTS) is 1. The molecule has 2 aromatic carbocycles. The number of carbonyl (C=O) groups is 2. The molecule has 2 N–H and O–H groups in total. The van der Waals surface area contributed by atoms with Crippen LogP contribution in [0.1, 0.15) is 54.9 Å². The van der Waals surface area contributed by atoms with Crippen molar-refractivity contribution < 1.29 is 24.5 Å². The summed E-state index contributed by atoms with van der Waals surface area (Å²) >= 11 is 0. The van der Waals surface area contributed by atoms with Crippen molar-refractivity contribution in [3.63, 3.8) is 0 Å². The van der Waals surface area contributed by atoms with Crippen LogP contribution in [0.15, 0.2) is 48.5 Å². The SMILES string of the molecule is CCCCC(CCCOc1cccc(C(=O)c2ccccc2)c1O)C(=O)O. The van der Waals surface area contributed by atoms with Crippen molar-refractivity contribution in [1.29, 1.82) is 0 Å². The van der Waals surface area contributed by atoms with Gasteiger partial charge in [0, 0.05) is 5.56 Å². The number of carboxylic acids is 1. The predicted molar refractivity (Wildman–Crippen MR) is 103 cm³/mol. The van der Waals surface area contributed by atoms with Gasteiger partial charge in [-0.3, -0.25) is 9.59 Å². The zero-order valence-electron chi connectivity index (χ0n) is 15.6. The van der Waals surface area contributed by atoms with Gasteiger partial charge in [-0.05, 0) is 31.4 Å². The minimum atomic E-state index is -0.776. The van der Waals surface area contributed by atoms with Crippen LogP contribution in [0.2, 0.25) is 0 Å². The first-order chi connectivity index (χ1) is 13.0. The van der Waals surface area contributed by atoms with Crippen LogP contribution >= 0.6 is 0 Å². The van der Waals surface area contributed by atoms with Crippen LogP contribution in [0, 0.1) is 5.92 Å². The number of ether oxygens (including phenoxy) is 1. The molecule has 0 saturated carbocycles. The van der Waals surface area contributed by atoms with Gasteiger partial charge in [0.1, 0.15) is 0 Å². The number of rotatable bonds is 11. The molecule has 5 heteroatoms. The molecule has 0 aliphatic carbocycles. The standard InChI is InChI=1S/C22H26O5/c1-2-3-9-17(22(25)26)12-8-15-27-19-14-7-13-18(21(19)24)20(23)16-10-5-4-6-11-16/h4-7,10-11,13-14,17,24H,2-3,8-9,12,15H2,1H3,(H,25,26). The van der Waals surface area contributed by atoms with E-state index in [-0.39, 0.29) is 35.4 Å². The molecular formula is C22H26O5. The largest absolute Gasteiger partial charge is 0.504 e. The summed E-state index contributed by atoms with van der Waals surface area (Å²) in [6.45, 7) is 2.32. The van der Waals surface area contributed by atoms with E-state index in [1.165, 1.54) is 0 Å². The Morgan fingerprint density at radius 1 is 1.00 bits per heavy atom. The van der Waals surface area contributed by atoms with E-state index in [1.54, 1.807) is 42.5 Å². The summed E-state index contributed by atoms with van der Waals surface area (Å²) in [7, 11) is 0. The quantitative estimate of drug-likeness (QED) is 0.443. The fourth-order valence-corrected chi connectivity index (χ4v) is 2.92. The number of unbranched alkanes of at least 4 members (excludes halogenated alkanes) is 1. The van der Waals surface area contributed by atoms with Crippen molar-refractivity contribution in [2.24, 2.45) is 5.92 Å². The second-order valence-electron chi connectivity index (χ2n) is 6.52. The van der Waals surface area contributed by atoms with E-state index < -0.39 is 5.97 Å². The van der Waals surface area contributed by atoms with Gasteiger partial charge in [0.15, 0.2) is 17.3 Å². The van der Waals surface area contributed by atoms with Gasteiger partial charge < -0.3 is 14.9 Å². The lowest BCUT2D eigenvalue weighted by atomic mass is 9.97. The highest BCUT2D eigenvalue weighted by Crippen LogP contribution is 2.31. The zero-order chi connectivity index (χ0) is 19.6. The Hall–Kier alpha value is -2.82. The van der Waals surface area contributed by atoms with E-state index in [0.717, 1.165) is 12.8 Å². The second-order valence-corrected chi connectivity index (χ2v) is 6.52. The van der Waals surface area contributed by atoms with Crippen molar-refractivity contribution in [2.75, 3.05) is 6.61 Å². The van der Waals surface area contributed by atoms with Gasteiger partial charge in [-0.25, -0.2) is 0 Å². The van der Waals surface area contributed by atoms with Crippen molar-refractivity contribution in [1.82, 2.24) is 0 Å². The number of benzene rings is 2. The summed E-state index contributed by atoms with van der Waals surface area (Å²) in [5, 5.41) is 19.6. The molecule has 0 amide bonds. The molecule has 2 rings (SSSR count). The fraction of sp³-hybridized carbons (Fsp3) is 0.364. The molecular weight excluding hydrogens is 344 g/mol. The second kappa shape index (κ2) is 10.4. The fourth-order valence-electron chi connectivity index (χ4n) is 2.92. The maximum absolute atomic E-state index is 12.5. The Labute approximate surface area is 159 Å². The van der Waals surface area contributed by atoms with Crippen molar-refractivity contribution in [2.45, 2.75) is 39.0 Å². The van der Waals surface area contributed by atoms with E-state index in [9.17, 15) is 19.8 Å². The number of aromatic hydroxyl groups is 1. The molecule has 0 aromatic heterocycles. The van der Waals surface area contributed by atoms with E-state index in [1.807, 2.05) is 13.0 Å². The average Bonchev–Trinajstić information content (AvgIpc) is 2.68. The Balaban J connectivity index is 1.96. The molecule has 27 heavy (non-hydrogen) atoms. The molecule has 0 spiro atoms. The maximum Gasteiger partial charge on any atom is 0.306 e. The molecule has 1 unspecified atom stereocenters. The van der Waals surface area contributed by atoms with E-state index in [4.69, 9.17) is 4.74 Å². The number of phenolic OH excluding ortho intramolecular Hbond substituents is 1. The summed E-state index contributed by atoms with van der Waals surface area (Å²) in [5.74, 6) is -1.37. The van der Waals surface area contributed by atoms with Gasteiger partial charge in [0.25, 0.3) is 0 Å². The van der Waals surface area contributed by atoms with Crippen LogP contribution in [0.4, 0.5) is 0 Å². The van der Waals surface area contributed by atoms with Crippen LogP contribution in [-0.2, 0) is 4.79 Å². The van der Waals surface area contributed by atoms with Crippen molar-refractivity contribution in [3.8, 4) is 11.5 Å². The highest BCUT2D eigenvalue weighted by Gasteiger charge is 2.18. The highest BCUT2D eigenvalue weighted by atomic mass is 16.5. The Kier molecular flexibility index (Phi) is 7.86. The van der Waals surface area contributed by atoms with Gasteiger partial charge in [0.05, 0.1) is 18.1 Å². The summed E-state index contributed by atoms with van der Waals surface area (Å²) in [5.41, 5.74) is 0.676. The molecule has 0 bridgehead atoms. The topological polar surface area (TPSA) is 83.8 Å². The number of hydrogen-bond acceptors (Lipinski definition) is 4. The highest BCUT2D eigenvalue weighted by molar-refractivity contribution is 6.11. The normalized spacial score (nSPS) is 11.7. The van der Waals surface area contributed by atoms with Gasteiger partial charge in [-0.2, -0.15) is 0 Å². The molecule has 0 radical (unpaired) electrons. The number of hydrogen-bond donors (Lipinski definition) is 2. The molecule has 0 heterocycles. The first-order valence-electron chi connectivity index (χ1n) is 9.32. The number of aliphatic carboxylic acids is 1. The lowest BCUT2D eigenvalue weighted by Gasteiger charge is -2.13. The lowest BCUT2D eigenvalue weighted by molar-refractivity contribution is -0.142. The monoisotopic (exact) mass is 370 g/mol. The smallest absolute Gasteiger partial charge is 0.306 e. The van der Waals surface area contributed by atoms with Crippen molar-refractivity contribution >= 4 is 11.8 Å². The molecule has 0 fully saturated rings. The molecule has 1 atom stereocenters. The third-order valence-electron chi connectivity index (χ3n) is 4.49. The first-order valence-corrected chi connectivity index (χ1v) is 9.32. The third kappa shape index (κ3) is 5.84. The minimum Gasteiger partial charge on any atom is -0.504 e. The van der Waals surface area contributed by atoms with Gasteiger partial charge >= 0.3 is 5.97 Å². The Morgan fingerprint density at radius 2 is 1.70 bits per heavy atom. The Morgan fingerprint density at radius 3 is 2.37 bits per heavy atom. The number of para-hydroxylation sites is 1. The minimum absolute atomic E-state index is 0.185. The van der Waals surface area contributed by atoms with Crippen molar-refractivity contribution in [3.05, 3.63) is 59.7 Å². The summed E-state index contributed by atoms with van der Waals surface area (Å²) in [6.07, 6.45) is 3.62. The predicted octanol–water partition coefficient (Wildman–Crippen LogP) is 4.67.